The maximum atomic E-state index is 11.5. The van der Waals surface area contributed by atoms with Crippen molar-refractivity contribution in [3.63, 3.8) is 0 Å². The molecule has 0 saturated heterocycles. The molecule has 0 bridgehead atoms. The summed E-state index contributed by atoms with van der Waals surface area (Å²) in [6.45, 7) is 6.06. The molecule has 0 spiro atoms. The molecular weight excluding hydrogens is 390 g/mol. The molecule has 2 aromatic heterocycles. The average Bonchev–Trinajstić information content (AvgIpc) is 3.12. The van der Waals surface area contributed by atoms with E-state index < -0.39 is 5.97 Å². The molecule has 0 aliphatic heterocycles. The summed E-state index contributed by atoms with van der Waals surface area (Å²) in [6, 6.07) is 15.1. The number of carboxylic acids is 1. The smallest absolute Gasteiger partial charge is 0.336 e. The number of benzene rings is 2. The molecule has 0 aliphatic rings. The Kier molecular flexibility index (Phi) is 5.46. The van der Waals surface area contributed by atoms with E-state index in [-0.39, 0.29) is 0 Å². The number of hydrogen-bond donors (Lipinski definition) is 1. The van der Waals surface area contributed by atoms with Crippen molar-refractivity contribution in [2.45, 2.75) is 33.6 Å². The molecule has 0 atom stereocenters. The fourth-order valence-electron chi connectivity index (χ4n) is 3.93. The van der Waals surface area contributed by atoms with E-state index in [1.807, 2.05) is 50.2 Å². The third kappa shape index (κ3) is 3.65. The molecule has 2 aromatic carbocycles. The van der Waals surface area contributed by atoms with Crippen LogP contribution in [0, 0.1) is 13.8 Å². The lowest BCUT2D eigenvalue weighted by Crippen LogP contribution is -2.03. The monoisotopic (exact) mass is 415 g/mol. The van der Waals surface area contributed by atoms with Crippen LogP contribution < -0.4 is 4.74 Å². The topological polar surface area (TPSA) is 76.7 Å². The molecule has 4 rings (SSSR count). The average molecular weight is 415 g/mol. The molecule has 31 heavy (non-hydrogen) atoms. The first-order chi connectivity index (χ1) is 14.9. The molecule has 0 aliphatic carbocycles. The fraction of sp³-hybridized carbons (Fsp3) is 0.240. The first-order valence-corrected chi connectivity index (χ1v) is 10.3. The highest BCUT2D eigenvalue weighted by molar-refractivity contribution is 5.96. The number of rotatable bonds is 6. The third-order valence-electron chi connectivity index (χ3n) is 5.70. The zero-order chi connectivity index (χ0) is 22.1. The Morgan fingerprint density at radius 3 is 2.45 bits per heavy atom. The van der Waals surface area contributed by atoms with Crippen molar-refractivity contribution >= 4 is 11.6 Å². The quantitative estimate of drug-likeness (QED) is 0.486. The minimum Gasteiger partial charge on any atom is -0.481 e. The van der Waals surface area contributed by atoms with Gasteiger partial charge in [0.15, 0.2) is 5.65 Å². The lowest BCUT2D eigenvalue weighted by Gasteiger charge is -2.10. The first kappa shape index (κ1) is 20.6. The standard InChI is InChI=1S/C25H25N3O3/c1-5-22-21(23-26-16(3)15(2)24(31-4)28(23)27-22)14-17-10-12-18(13-11-17)19-8-6-7-9-20(19)25(29)30/h6-13H,5,14H2,1-4H3,(H,29,30). The van der Waals surface area contributed by atoms with Gasteiger partial charge in [-0.15, -0.1) is 0 Å². The van der Waals surface area contributed by atoms with Crippen LogP contribution in [-0.4, -0.2) is 32.8 Å². The molecule has 1 N–H and O–H groups in total. The van der Waals surface area contributed by atoms with E-state index in [1.165, 1.54) is 0 Å². The van der Waals surface area contributed by atoms with Crippen molar-refractivity contribution in [3.8, 4) is 17.0 Å². The summed E-state index contributed by atoms with van der Waals surface area (Å²) in [4.78, 5) is 16.3. The van der Waals surface area contributed by atoms with Gasteiger partial charge in [-0.25, -0.2) is 9.78 Å². The number of nitrogens with zero attached hydrogens (tertiary/aromatic N) is 3. The predicted molar refractivity (Wildman–Crippen MR) is 120 cm³/mol. The Balaban J connectivity index is 1.74. The second-order valence-electron chi connectivity index (χ2n) is 7.57. The third-order valence-corrected chi connectivity index (χ3v) is 5.70. The van der Waals surface area contributed by atoms with Crippen LogP contribution in [0.15, 0.2) is 48.5 Å². The zero-order valence-electron chi connectivity index (χ0n) is 18.1. The van der Waals surface area contributed by atoms with Gasteiger partial charge < -0.3 is 9.84 Å². The highest BCUT2D eigenvalue weighted by atomic mass is 16.5. The van der Waals surface area contributed by atoms with Crippen LogP contribution in [0.3, 0.4) is 0 Å². The van der Waals surface area contributed by atoms with E-state index in [1.54, 1.807) is 23.8 Å². The van der Waals surface area contributed by atoms with Gasteiger partial charge in [0, 0.05) is 23.2 Å². The molecule has 2 heterocycles. The highest BCUT2D eigenvalue weighted by Gasteiger charge is 2.19. The van der Waals surface area contributed by atoms with Gasteiger partial charge >= 0.3 is 5.97 Å². The van der Waals surface area contributed by atoms with E-state index in [2.05, 4.69) is 6.92 Å². The van der Waals surface area contributed by atoms with Crippen LogP contribution in [-0.2, 0) is 12.8 Å². The molecule has 6 heteroatoms. The first-order valence-electron chi connectivity index (χ1n) is 10.3. The number of aryl methyl sites for hydroxylation is 2. The summed E-state index contributed by atoms with van der Waals surface area (Å²) in [7, 11) is 1.65. The number of carbonyl (C=O) groups is 1. The molecule has 4 aromatic rings. The number of aromatic carboxylic acids is 1. The van der Waals surface area contributed by atoms with Gasteiger partial charge in [0.2, 0.25) is 5.88 Å². The van der Waals surface area contributed by atoms with E-state index in [9.17, 15) is 9.90 Å². The lowest BCUT2D eigenvalue weighted by atomic mass is 9.97. The lowest BCUT2D eigenvalue weighted by molar-refractivity contribution is 0.0697. The van der Waals surface area contributed by atoms with Gasteiger partial charge in [0.25, 0.3) is 0 Å². The predicted octanol–water partition coefficient (Wildman–Crippen LogP) is 4.87. The van der Waals surface area contributed by atoms with E-state index in [4.69, 9.17) is 14.8 Å². The molecule has 158 valence electrons. The molecule has 0 amide bonds. The second-order valence-corrected chi connectivity index (χ2v) is 7.57. The van der Waals surface area contributed by atoms with Crippen LogP contribution in [0.1, 0.15) is 45.4 Å². The van der Waals surface area contributed by atoms with E-state index in [0.29, 0.717) is 23.4 Å². The molecule has 0 fully saturated rings. The van der Waals surface area contributed by atoms with Gasteiger partial charge in [-0.3, -0.25) is 0 Å². The van der Waals surface area contributed by atoms with Crippen LogP contribution in [0.4, 0.5) is 0 Å². The van der Waals surface area contributed by atoms with Crippen LogP contribution in [0.25, 0.3) is 16.8 Å². The Morgan fingerprint density at radius 1 is 1.10 bits per heavy atom. The van der Waals surface area contributed by atoms with E-state index >= 15 is 0 Å². The van der Waals surface area contributed by atoms with E-state index in [0.717, 1.165) is 45.7 Å². The number of fused-ring (bicyclic) bond motifs is 1. The Morgan fingerprint density at radius 2 is 1.81 bits per heavy atom. The number of methoxy groups -OCH3 is 1. The number of aromatic nitrogens is 3. The van der Waals surface area contributed by atoms with Crippen molar-refractivity contribution in [3.05, 3.63) is 82.2 Å². The van der Waals surface area contributed by atoms with Gasteiger partial charge in [-0.05, 0) is 43.0 Å². The molecule has 0 radical (unpaired) electrons. The summed E-state index contributed by atoms with van der Waals surface area (Å²) in [5.41, 5.74) is 7.80. The zero-order valence-corrected chi connectivity index (χ0v) is 18.1. The molecule has 0 saturated carbocycles. The summed E-state index contributed by atoms with van der Waals surface area (Å²) in [6.07, 6.45) is 1.48. The summed E-state index contributed by atoms with van der Waals surface area (Å²) in [5, 5.41) is 14.2. The van der Waals surface area contributed by atoms with Crippen LogP contribution >= 0.6 is 0 Å². The van der Waals surface area contributed by atoms with Gasteiger partial charge in [-0.1, -0.05) is 49.4 Å². The maximum Gasteiger partial charge on any atom is 0.336 e. The number of hydrogen-bond acceptors (Lipinski definition) is 4. The van der Waals surface area contributed by atoms with Crippen LogP contribution in [0.5, 0.6) is 5.88 Å². The summed E-state index contributed by atoms with van der Waals surface area (Å²) >= 11 is 0. The largest absolute Gasteiger partial charge is 0.481 e. The van der Waals surface area contributed by atoms with Crippen molar-refractivity contribution in [2.24, 2.45) is 0 Å². The summed E-state index contributed by atoms with van der Waals surface area (Å²) < 4.78 is 7.41. The van der Waals surface area contributed by atoms with Gasteiger partial charge in [0.05, 0.1) is 18.4 Å². The van der Waals surface area contributed by atoms with Crippen molar-refractivity contribution in [1.82, 2.24) is 14.6 Å². The molecule has 6 nitrogen and oxygen atoms in total. The number of carboxylic acid groups (broad SMARTS) is 1. The fourth-order valence-corrected chi connectivity index (χ4v) is 3.93. The van der Waals surface area contributed by atoms with Gasteiger partial charge in [0.1, 0.15) is 0 Å². The number of ether oxygens (including phenoxy) is 1. The minimum absolute atomic E-state index is 0.299. The van der Waals surface area contributed by atoms with Gasteiger partial charge in [-0.2, -0.15) is 9.61 Å². The SMILES string of the molecule is CCc1nn2c(OC)c(C)c(C)nc2c1Cc1ccc(-c2ccccc2C(=O)O)cc1. The Bertz CT molecular complexity index is 1270. The van der Waals surface area contributed by atoms with Crippen molar-refractivity contribution < 1.29 is 14.6 Å². The Labute approximate surface area is 181 Å². The maximum absolute atomic E-state index is 11.5. The second kappa shape index (κ2) is 8.22. The van der Waals surface area contributed by atoms with Crippen LogP contribution in [0.2, 0.25) is 0 Å². The molecule has 0 unspecified atom stereocenters. The van der Waals surface area contributed by atoms with Crippen molar-refractivity contribution in [2.75, 3.05) is 7.11 Å². The Hall–Kier alpha value is -3.67. The minimum atomic E-state index is -0.927. The molecular formula is C25H25N3O3. The normalized spacial score (nSPS) is 11.1. The summed E-state index contributed by atoms with van der Waals surface area (Å²) in [5.74, 6) is -0.214. The highest BCUT2D eigenvalue weighted by Crippen LogP contribution is 2.28. The van der Waals surface area contributed by atoms with Crippen molar-refractivity contribution in [1.29, 1.82) is 0 Å².